The van der Waals surface area contributed by atoms with Crippen molar-refractivity contribution in [3.05, 3.63) is 47.2 Å². The Morgan fingerprint density at radius 2 is 2.06 bits per heavy atom. The number of halogens is 1. The molecule has 0 unspecified atom stereocenters. The average molecular weight is 250 g/mol. The maximum atomic E-state index is 11.5. The molecule has 0 saturated carbocycles. The Bertz CT molecular complexity index is 560. The Morgan fingerprint density at radius 1 is 1.35 bits per heavy atom. The van der Waals surface area contributed by atoms with Crippen molar-refractivity contribution in [2.24, 2.45) is 7.05 Å². The van der Waals surface area contributed by atoms with Crippen LogP contribution in [0.1, 0.15) is 10.5 Å². The lowest BCUT2D eigenvalue weighted by Gasteiger charge is -1.99. The van der Waals surface area contributed by atoms with E-state index >= 15 is 0 Å². The smallest absolute Gasteiger partial charge is 0.354 e. The summed E-state index contributed by atoms with van der Waals surface area (Å²) in [6.07, 6.45) is 1.85. The zero-order valence-corrected chi connectivity index (χ0v) is 10.4. The summed E-state index contributed by atoms with van der Waals surface area (Å²) in [6.45, 7) is 0. The number of carbonyl (C=O) groups is 1. The molecule has 1 aromatic heterocycles. The number of aromatic nitrogens is 1. The van der Waals surface area contributed by atoms with Crippen molar-refractivity contribution in [2.75, 3.05) is 7.11 Å². The first kappa shape index (κ1) is 11.7. The summed E-state index contributed by atoms with van der Waals surface area (Å²) in [4.78, 5) is 11.5. The Kier molecular flexibility index (Phi) is 3.20. The molecule has 0 atom stereocenters. The highest BCUT2D eigenvalue weighted by atomic mass is 35.5. The summed E-state index contributed by atoms with van der Waals surface area (Å²) in [5.41, 5.74) is 2.31. The van der Waals surface area contributed by atoms with Gasteiger partial charge < -0.3 is 9.30 Å². The van der Waals surface area contributed by atoms with E-state index in [2.05, 4.69) is 0 Å². The number of esters is 1. The van der Waals surface area contributed by atoms with Crippen LogP contribution in [0.25, 0.3) is 11.1 Å². The van der Waals surface area contributed by atoms with Crippen LogP contribution < -0.4 is 0 Å². The van der Waals surface area contributed by atoms with Crippen LogP contribution >= 0.6 is 11.6 Å². The minimum atomic E-state index is -0.356. The van der Waals surface area contributed by atoms with E-state index in [1.807, 2.05) is 30.5 Å². The van der Waals surface area contributed by atoms with Crippen LogP contribution in [0.15, 0.2) is 36.5 Å². The SMILES string of the molecule is COC(=O)c1cc(-c2ccccc2Cl)cn1C. The first-order valence-corrected chi connectivity index (χ1v) is 5.51. The zero-order chi connectivity index (χ0) is 12.4. The Labute approximate surface area is 105 Å². The van der Waals surface area contributed by atoms with Crippen LogP contribution in [0.2, 0.25) is 5.02 Å². The second-order valence-corrected chi connectivity index (χ2v) is 4.10. The molecule has 0 aliphatic rings. The number of benzene rings is 1. The molecule has 0 bridgehead atoms. The van der Waals surface area contributed by atoms with Gasteiger partial charge >= 0.3 is 5.97 Å². The maximum absolute atomic E-state index is 11.5. The first-order chi connectivity index (χ1) is 8.13. The number of nitrogens with zero attached hydrogens (tertiary/aromatic N) is 1. The molecule has 1 aromatic carbocycles. The highest BCUT2D eigenvalue weighted by Crippen LogP contribution is 2.28. The van der Waals surface area contributed by atoms with E-state index in [0.717, 1.165) is 11.1 Å². The van der Waals surface area contributed by atoms with Gasteiger partial charge in [0.2, 0.25) is 0 Å². The van der Waals surface area contributed by atoms with Gasteiger partial charge in [0.05, 0.1) is 7.11 Å². The van der Waals surface area contributed by atoms with Crippen molar-refractivity contribution in [2.45, 2.75) is 0 Å². The van der Waals surface area contributed by atoms with Gasteiger partial charge in [0.25, 0.3) is 0 Å². The molecule has 0 N–H and O–H groups in total. The van der Waals surface area contributed by atoms with Crippen LogP contribution in [0.4, 0.5) is 0 Å². The molecule has 2 aromatic rings. The molecule has 0 fully saturated rings. The summed E-state index contributed by atoms with van der Waals surface area (Å²) in [5.74, 6) is -0.356. The lowest BCUT2D eigenvalue weighted by molar-refractivity contribution is 0.0590. The van der Waals surface area contributed by atoms with E-state index in [1.54, 1.807) is 17.7 Å². The molecule has 4 heteroatoms. The van der Waals surface area contributed by atoms with Crippen molar-refractivity contribution in [3.8, 4) is 11.1 Å². The van der Waals surface area contributed by atoms with Gasteiger partial charge in [-0.1, -0.05) is 29.8 Å². The Balaban J connectivity index is 2.49. The third-order valence-corrected chi connectivity index (χ3v) is 2.91. The van der Waals surface area contributed by atoms with Gasteiger partial charge in [0, 0.05) is 29.4 Å². The number of hydrogen-bond acceptors (Lipinski definition) is 2. The fourth-order valence-electron chi connectivity index (χ4n) is 1.71. The molecule has 1 heterocycles. The van der Waals surface area contributed by atoms with Crippen molar-refractivity contribution in [1.82, 2.24) is 4.57 Å². The van der Waals surface area contributed by atoms with Crippen molar-refractivity contribution in [3.63, 3.8) is 0 Å². The molecule has 3 nitrogen and oxygen atoms in total. The fraction of sp³-hybridized carbons (Fsp3) is 0.154. The van der Waals surface area contributed by atoms with Gasteiger partial charge in [-0.3, -0.25) is 0 Å². The molecular formula is C13H12ClNO2. The molecule has 2 rings (SSSR count). The van der Waals surface area contributed by atoms with Crippen LogP contribution in [0.3, 0.4) is 0 Å². The molecule has 0 radical (unpaired) electrons. The van der Waals surface area contributed by atoms with Gasteiger partial charge in [-0.05, 0) is 12.1 Å². The normalized spacial score (nSPS) is 10.3. The summed E-state index contributed by atoms with van der Waals surface area (Å²) >= 11 is 6.11. The van der Waals surface area contributed by atoms with Gasteiger partial charge in [-0.2, -0.15) is 0 Å². The van der Waals surface area contributed by atoms with E-state index < -0.39 is 0 Å². The Morgan fingerprint density at radius 3 is 2.71 bits per heavy atom. The summed E-state index contributed by atoms with van der Waals surface area (Å²) in [7, 11) is 3.16. The molecular weight excluding hydrogens is 238 g/mol. The lowest BCUT2D eigenvalue weighted by Crippen LogP contribution is -2.06. The van der Waals surface area contributed by atoms with E-state index in [1.165, 1.54) is 7.11 Å². The quantitative estimate of drug-likeness (QED) is 0.766. The highest BCUT2D eigenvalue weighted by Gasteiger charge is 2.13. The van der Waals surface area contributed by atoms with Crippen molar-refractivity contribution >= 4 is 17.6 Å². The van der Waals surface area contributed by atoms with E-state index in [9.17, 15) is 4.79 Å². The monoisotopic (exact) mass is 249 g/mol. The molecule has 0 aliphatic carbocycles. The largest absolute Gasteiger partial charge is 0.464 e. The molecule has 0 saturated heterocycles. The van der Waals surface area contributed by atoms with E-state index in [0.29, 0.717) is 10.7 Å². The predicted molar refractivity (Wildman–Crippen MR) is 67.2 cm³/mol. The second-order valence-electron chi connectivity index (χ2n) is 3.70. The van der Waals surface area contributed by atoms with Crippen LogP contribution in [-0.4, -0.2) is 17.6 Å². The van der Waals surface area contributed by atoms with E-state index in [4.69, 9.17) is 16.3 Å². The molecule has 17 heavy (non-hydrogen) atoms. The van der Waals surface area contributed by atoms with Crippen LogP contribution in [0, 0.1) is 0 Å². The topological polar surface area (TPSA) is 31.2 Å². The predicted octanol–water partition coefficient (Wildman–Crippen LogP) is 3.13. The maximum Gasteiger partial charge on any atom is 0.354 e. The van der Waals surface area contributed by atoms with Gasteiger partial charge in [-0.15, -0.1) is 0 Å². The van der Waals surface area contributed by atoms with Gasteiger partial charge in [0.15, 0.2) is 0 Å². The summed E-state index contributed by atoms with van der Waals surface area (Å²) in [6, 6.07) is 9.29. The van der Waals surface area contributed by atoms with Crippen LogP contribution in [0.5, 0.6) is 0 Å². The lowest BCUT2D eigenvalue weighted by atomic mass is 10.1. The number of methoxy groups -OCH3 is 1. The minimum absolute atomic E-state index is 0.356. The van der Waals surface area contributed by atoms with Crippen molar-refractivity contribution < 1.29 is 9.53 Å². The first-order valence-electron chi connectivity index (χ1n) is 5.13. The third kappa shape index (κ3) is 2.19. The van der Waals surface area contributed by atoms with E-state index in [-0.39, 0.29) is 5.97 Å². The zero-order valence-electron chi connectivity index (χ0n) is 9.61. The summed E-state index contributed by atoms with van der Waals surface area (Å²) in [5, 5.41) is 0.662. The van der Waals surface area contributed by atoms with Gasteiger partial charge in [-0.25, -0.2) is 4.79 Å². The Hall–Kier alpha value is -1.74. The molecule has 0 amide bonds. The molecule has 88 valence electrons. The van der Waals surface area contributed by atoms with Crippen molar-refractivity contribution in [1.29, 1.82) is 0 Å². The van der Waals surface area contributed by atoms with Crippen LogP contribution in [-0.2, 0) is 11.8 Å². The minimum Gasteiger partial charge on any atom is -0.464 e. The number of carbonyl (C=O) groups excluding carboxylic acids is 1. The second kappa shape index (κ2) is 4.63. The molecule has 0 aliphatic heterocycles. The third-order valence-electron chi connectivity index (χ3n) is 2.58. The number of aryl methyl sites for hydroxylation is 1. The average Bonchev–Trinajstić information content (AvgIpc) is 2.71. The molecule has 0 spiro atoms. The summed E-state index contributed by atoms with van der Waals surface area (Å²) < 4.78 is 6.43. The highest BCUT2D eigenvalue weighted by molar-refractivity contribution is 6.33. The fourth-order valence-corrected chi connectivity index (χ4v) is 1.96. The standard InChI is InChI=1S/C13H12ClNO2/c1-15-8-9(7-12(15)13(16)17-2)10-5-3-4-6-11(10)14/h3-8H,1-2H3. The number of hydrogen-bond donors (Lipinski definition) is 0. The number of rotatable bonds is 2. The van der Waals surface area contributed by atoms with Gasteiger partial charge in [0.1, 0.15) is 5.69 Å². The number of ether oxygens (including phenoxy) is 1.